The molecule has 0 spiro atoms. The molecule has 0 fully saturated rings. The van der Waals surface area contributed by atoms with E-state index in [0.29, 0.717) is 22.9 Å². The molecule has 0 nitrogen and oxygen atoms in total. The van der Waals surface area contributed by atoms with Crippen LogP contribution in [0.1, 0.15) is 26.3 Å². The normalized spacial score (nSPS) is 13.9. The van der Waals surface area contributed by atoms with Gasteiger partial charge in [-0.2, -0.15) is 0 Å². The second-order valence-corrected chi connectivity index (χ2v) is 6.24. The zero-order valence-corrected chi connectivity index (χ0v) is 12.2. The Morgan fingerprint density at radius 2 is 2.00 bits per heavy atom. The summed E-state index contributed by atoms with van der Waals surface area (Å²) in [5.74, 6) is 0.222. The van der Waals surface area contributed by atoms with Crippen LogP contribution >= 0.6 is 27.5 Å². The van der Waals surface area contributed by atoms with Gasteiger partial charge in [-0.25, -0.2) is 4.39 Å². The van der Waals surface area contributed by atoms with Crippen molar-refractivity contribution in [2.45, 2.75) is 27.2 Å². The van der Waals surface area contributed by atoms with Gasteiger partial charge in [-0.3, -0.25) is 0 Å². The molecule has 3 heteroatoms. The molecule has 0 aliphatic rings. The molecule has 90 valence electrons. The van der Waals surface area contributed by atoms with E-state index in [1.54, 1.807) is 12.1 Å². The Labute approximate surface area is 110 Å². The van der Waals surface area contributed by atoms with Crippen LogP contribution in [0, 0.1) is 17.2 Å². The molecule has 0 saturated heterocycles. The van der Waals surface area contributed by atoms with E-state index < -0.39 is 0 Å². The Hall–Kier alpha value is -0.0800. The van der Waals surface area contributed by atoms with Crippen LogP contribution in [-0.4, -0.2) is 5.33 Å². The third-order valence-electron chi connectivity index (χ3n) is 2.89. The molecule has 1 aromatic rings. The zero-order chi connectivity index (χ0) is 12.3. The van der Waals surface area contributed by atoms with Crippen LogP contribution in [0.5, 0.6) is 0 Å². The smallest absolute Gasteiger partial charge is 0.126 e. The van der Waals surface area contributed by atoms with E-state index in [4.69, 9.17) is 11.6 Å². The molecule has 0 aliphatic carbocycles. The maximum Gasteiger partial charge on any atom is 0.126 e. The molecular weight excluding hydrogens is 290 g/mol. The van der Waals surface area contributed by atoms with Gasteiger partial charge in [0.25, 0.3) is 0 Å². The molecule has 0 amide bonds. The number of benzene rings is 1. The monoisotopic (exact) mass is 306 g/mol. The van der Waals surface area contributed by atoms with Gasteiger partial charge in [-0.05, 0) is 41.5 Å². The van der Waals surface area contributed by atoms with E-state index in [1.807, 2.05) is 0 Å². The summed E-state index contributed by atoms with van der Waals surface area (Å²) in [7, 11) is 0. The summed E-state index contributed by atoms with van der Waals surface area (Å²) >= 11 is 9.38. The third kappa shape index (κ3) is 3.74. The molecule has 0 aromatic heterocycles. The van der Waals surface area contributed by atoms with Gasteiger partial charge in [0, 0.05) is 10.4 Å². The predicted molar refractivity (Wildman–Crippen MR) is 71.9 cm³/mol. The molecule has 16 heavy (non-hydrogen) atoms. The van der Waals surface area contributed by atoms with Gasteiger partial charge in [0.2, 0.25) is 0 Å². The first-order chi connectivity index (χ1) is 7.34. The lowest BCUT2D eigenvalue weighted by Crippen LogP contribution is -2.24. The van der Waals surface area contributed by atoms with Gasteiger partial charge >= 0.3 is 0 Å². The van der Waals surface area contributed by atoms with Crippen molar-refractivity contribution in [3.8, 4) is 0 Å². The number of alkyl halides is 1. The molecule has 1 aromatic carbocycles. The predicted octanol–water partition coefficient (Wildman–Crippen LogP) is 5.08. The van der Waals surface area contributed by atoms with Crippen LogP contribution in [-0.2, 0) is 6.42 Å². The summed E-state index contributed by atoms with van der Waals surface area (Å²) in [5.41, 5.74) is 0.852. The first kappa shape index (κ1) is 14.0. The summed E-state index contributed by atoms with van der Waals surface area (Å²) in [6, 6.07) is 4.74. The van der Waals surface area contributed by atoms with E-state index in [9.17, 15) is 4.39 Å². The van der Waals surface area contributed by atoms with Gasteiger partial charge in [-0.15, -0.1) is 0 Å². The molecule has 1 atom stereocenters. The molecule has 1 unspecified atom stereocenters. The highest BCUT2D eigenvalue weighted by Gasteiger charge is 2.24. The lowest BCUT2D eigenvalue weighted by Gasteiger charge is -2.29. The number of halogens is 3. The Kier molecular flexibility index (Phi) is 4.81. The minimum Gasteiger partial charge on any atom is -0.207 e. The Bertz CT molecular complexity index is 357. The van der Waals surface area contributed by atoms with E-state index in [-0.39, 0.29) is 11.2 Å². The van der Waals surface area contributed by atoms with Crippen molar-refractivity contribution in [2.75, 3.05) is 5.33 Å². The van der Waals surface area contributed by atoms with E-state index in [2.05, 4.69) is 36.7 Å². The fraction of sp³-hybridized carbons (Fsp3) is 0.538. The molecule has 1 rings (SSSR count). The van der Waals surface area contributed by atoms with Crippen molar-refractivity contribution in [1.82, 2.24) is 0 Å². The Morgan fingerprint density at radius 1 is 1.38 bits per heavy atom. The largest absolute Gasteiger partial charge is 0.207 e. The van der Waals surface area contributed by atoms with E-state index in [1.165, 1.54) is 6.07 Å². The van der Waals surface area contributed by atoms with Crippen molar-refractivity contribution in [2.24, 2.45) is 11.3 Å². The second-order valence-electron chi connectivity index (χ2n) is 5.16. The molecule has 0 N–H and O–H groups in total. The van der Waals surface area contributed by atoms with Crippen LogP contribution in [0.2, 0.25) is 5.02 Å². The molecule has 0 bridgehead atoms. The average molecular weight is 308 g/mol. The van der Waals surface area contributed by atoms with Crippen LogP contribution in [0.15, 0.2) is 18.2 Å². The van der Waals surface area contributed by atoms with E-state index in [0.717, 1.165) is 5.33 Å². The third-order valence-corrected chi connectivity index (χ3v) is 3.90. The maximum absolute atomic E-state index is 13.6. The van der Waals surface area contributed by atoms with Crippen molar-refractivity contribution < 1.29 is 4.39 Å². The second kappa shape index (κ2) is 5.50. The number of rotatable bonds is 3. The van der Waals surface area contributed by atoms with Crippen LogP contribution in [0.3, 0.4) is 0 Å². The molecular formula is C13H17BrClF. The van der Waals surface area contributed by atoms with Crippen LogP contribution in [0.4, 0.5) is 4.39 Å². The van der Waals surface area contributed by atoms with Crippen molar-refractivity contribution in [3.05, 3.63) is 34.6 Å². The molecule has 0 heterocycles. The van der Waals surface area contributed by atoms with Gasteiger partial charge < -0.3 is 0 Å². The number of hydrogen-bond acceptors (Lipinski definition) is 0. The van der Waals surface area contributed by atoms with Gasteiger partial charge in [0.1, 0.15) is 5.82 Å². The fourth-order valence-corrected chi connectivity index (χ4v) is 2.95. The van der Waals surface area contributed by atoms with Gasteiger partial charge in [0.15, 0.2) is 0 Å². The van der Waals surface area contributed by atoms with Crippen LogP contribution < -0.4 is 0 Å². The van der Waals surface area contributed by atoms with Gasteiger partial charge in [0.05, 0.1) is 0 Å². The molecule has 0 saturated carbocycles. The van der Waals surface area contributed by atoms with Crippen molar-refractivity contribution >= 4 is 27.5 Å². The minimum atomic E-state index is -0.167. The summed E-state index contributed by atoms with van der Waals surface area (Å²) in [6.45, 7) is 6.50. The summed E-state index contributed by atoms with van der Waals surface area (Å²) in [6.07, 6.45) is 0.709. The lowest BCUT2D eigenvalue weighted by atomic mass is 9.78. The summed E-state index contributed by atoms with van der Waals surface area (Å²) in [4.78, 5) is 0. The number of hydrogen-bond donors (Lipinski definition) is 0. The Morgan fingerprint density at radius 3 is 2.50 bits per heavy atom. The SMILES string of the molecule is CC(C)(C)C(CBr)Cc1cc(Cl)ccc1F. The summed E-state index contributed by atoms with van der Waals surface area (Å²) in [5, 5.41) is 1.46. The minimum absolute atomic E-state index is 0.151. The van der Waals surface area contributed by atoms with Crippen LogP contribution in [0.25, 0.3) is 0 Å². The topological polar surface area (TPSA) is 0 Å². The van der Waals surface area contributed by atoms with Crippen molar-refractivity contribution in [1.29, 1.82) is 0 Å². The average Bonchev–Trinajstić information content (AvgIpc) is 2.17. The molecule has 0 radical (unpaired) electrons. The zero-order valence-electron chi connectivity index (χ0n) is 9.86. The maximum atomic E-state index is 13.6. The first-order valence-electron chi connectivity index (χ1n) is 5.34. The lowest BCUT2D eigenvalue weighted by molar-refractivity contribution is 0.265. The highest BCUT2D eigenvalue weighted by molar-refractivity contribution is 9.09. The summed E-state index contributed by atoms with van der Waals surface area (Å²) < 4.78 is 13.6. The molecule has 0 aliphatic heterocycles. The van der Waals surface area contributed by atoms with Gasteiger partial charge in [-0.1, -0.05) is 48.3 Å². The van der Waals surface area contributed by atoms with E-state index >= 15 is 0 Å². The Balaban J connectivity index is 2.90. The standard InChI is InChI=1S/C13H17BrClF/c1-13(2,3)10(8-14)6-9-7-11(15)4-5-12(9)16/h4-5,7,10H,6,8H2,1-3H3. The first-order valence-corrected chi connectivity index (χ1v) is 6.84. The quantitative estimate of drug-likeness (QED) is 0.683. The van der Waals surface area contributed by atoms with Crippen molar-refractivity contribution in [3.63, 3.8) is 0 Å². The fourth-order valence-electron chi connectivity index (χ4n) is 1.56. The highest BCUT2D eigenvalue weighted by Crippen LogP contribution is 2.31. The highest BCUT2D eigenvalue weighted by atomic mass is 79.9.